The zero-order valence-electron chi connectivity index (χ0n) is 4.93. The fourth-order valence-electron chi connectivity index (χ4n) is 0.321. The lowest BCUT2D eigenvalue weighted by atomic mass is 10.8. The Morgan fingerprint density at radius 1 is 1.60 bits per heavy atom. The fourth-order valence-corrected chi connectivity index (χ4v) is 0.964. The van der Waals surface area contributed by atoms with E-state index in [2.05, 4.69) is 6.58 Å². The van der Waals surface area contributed by atoms with Gasteiger partial charge in [0.15, 0.2) is 0 Å². The van der Waals surface area contributed by atoms with Crippen LogP contribution in [0.15, 0.2) is 12.4 Å². The van der Waals surface area contributed by atoms with Gasteiger partial charge in [-0.3, -0.25) is 4.57 Å². The second-order valence-electron chi connectivity index (χ2n) is 1.71. The molecule has 1 unspecified atom stereocenters. The largest absolute Gasteiger partial charge is 0.398 e. The van der Waals surface area contributed by atoms with Gasteiger partial charge in [-0.2, -0.15) is 13.2 Å². The molecule has 0 spiro atoms. The maximum atomic E-state index is 11.4. The van der Waals surface area contributed by atoms with E-state index in [0.29, 0.717) is 5.82 Å². The van der Waals surface area contributed by atoms with E-state index in [1.54, 1.807) is 0 Å². The Labute approximate surface area is 55.8 Å². The van der Waals surface area contributed by atoms with Crippen molar-refractivity contribution in [1.29, 1.82) is 0 Å². The Hall–Kier alpha value is -0.280. The number of hydrogen-bond acceptors (Lipinski definition) is 1. The van der Waals surface area contributed by atoms with Crippen molar-refractivity contribution in [3.8, 4) is 0 Å². The molecule has 0 rings (SSSR count). The van der Waals surface area contributed by atoms with Crippen LogP contribution in [-0.4, -0.2) is 17.2 Å². The van der Waals surface area contributed by atoms with Crippen molar-refractivity contribution in [3.63, 3.8) is 0 Å². The monoisotopic (exact) mass is 174 g/mol. The summed E-state index contributed by atoms with van der Waals surface area (Å²) < 4.78 is 44.4. The van der Waals surface area contributed by atoms with Gasteiger partial charge >= 0.3 is 6.18 Å². The van der Waals surface area contributed by atoms with Crippen LogP contribution < -0.4 is 0 Å². The first-order chi connectivity index (χ1) is 4.27. The van der Waals surface area contributed by atoms with Crippen molar-refractivity contribution in [2.45, 2.75) is 6.18 Å². The van der Waals surface area contributed by atoms with Gasteiger partial charge in [-0.15, -0.1) is 0 Å². The molecule has 0 saturated heterocycles. The lowest BCUT2D eigenvalue weighted by Crippen LogP contribution is -2.13. The third kappa shape index (κ3) is 4.58. The molecule has 2 nitrogen and oxygen atoms in total. The fraction of sp³-hybridized carbons (Fsp3) is 0.500. The molecule has 1 atom stereocenters. The van der Waals surface area contributed by atoms with Crippen LogP contribution in [0.2, 0.25) is 0 Å². The Morgan fingerprint density at radius 3 is 2.10 bits per heavy atom. The highest BCUT2D eigenvalue weighted by molar-refractivity contribution is 7.61. The van der Waals surface area contributed by atoms with Crippen LogP contribution >= 0.6 is 7.37 Å². The smallest absolute Gasteiger partial charge is 0.341 e. The molecule has 0 aromatic carbocycles. The SMILES string of the molecule is C=CP(=O)(O)CC(F)(F)F. The molecule has 10 heavy (non-hydrogen) atoms. The predicted molar refractivity (Wildman–Crippen MR) is 30.9 cm³/mol. The molecule has 0 aromatic rings. The van der Waals surface area contributed by atoms with E-state index in [-0.39, 0.29) is 0 Å². The minimum absolute atomic E-state index is 0.431. The summed E-state index contributed by atoms with van der Waals surface area (Å²) in [7, 11) is -4.16. The number of rotatable bonds is 2. The normalized spacial score (nSPS) is 18.0. The summed E-state index contributed by atoms with van der Waals surface area (Å²) in [4.78, 5) is 8.38. The third-order valence-electron chi connectivity index (χ3n) is 0.691. The molecule has 0 aliphatic rings. The van der Waals surface area contributed by atoms with Gasteiger partial charge in [0, 0.05) is 0 Å². The average Bonchev–Trinajstić information content (AvgIpc) is 1.60. The zero-order chi connectivity index (χ0) is 8.41. The van der Waals surface area contributed by atoms with Crippen LogP contribution in [0.4, 0.5) is 13.2 Å². The average molecular weight is 174 g/mol. The highest BCUT2D eigenvalue weighted by Crippen LogP contribution is 2.46. The standard InChI is InChI=1S/C4H6F3O2P/c1-2-10(8,9)3-4(5,6)7/h2H,1,3H2,(H,8,9). The van der Waals surface area contributed by atoms with Gasteiger partial charge in [0.2, 0.25) is 7.37 Å². The lowest BCUT2D eigenvalue weighted by Gasteiger charge is -2.08. The summed E-state index contributed by atoms with van der Waals surface area (Å²) in [6, 6.07) is 0. The molecule has 6 heteroatoms. The van der Waals surface area contributed by atoms with Gasteiger partial charge in [0.25, 0.3) is 0 Å². The summed E-state index contributed by atoms with van der Waals surface area (Å²) in [5, 5.41) is 0. The Bertz CT molecular complexity index is 174. The third-order valence-corrected chi connectivity index (χ3v) is 2.07. The molecule has 0 aliphatic carbocycles. The molecule has 1 N–H and O–H groups in total. The summed E-state index contributed by atoms with van der Waals surface area (Å²) >= 11 is 0. The van der Waals surface area contributed by atoms with Crippen molar-refractivity contribution in [3.05, 3.63) is 12.4 Å². The van der Waals surface area contributed by atoms with Crippen molar-refractivity contribution < 1.29 is 22.6 Å². The molecule has 0 amide bonds. The van der Waals surface area contributed by atoms with E-state index in [4.69, 9.17) is 4.89 Å². The second kappa shape index (κ2) is 2.76. The van der Waals surface area contributed by atoms with E-state index in [0.717, 1.165) is 0 Å². The second-order valence-corrected chi connectivity index (χ2v) is 3.90. The van der Waals surface area contributed by atoms with Crippen molar-refractivity contribution in [2.24, 2.45) is 0 Å². The van der Waals surface area contributed by atoms with Crippen LogP contribution in [0.5, 0.6) is 0 Å². The quantitative estimate of drug-likeness (QED) is 0.649. The summed E-state index contributed by atoms with van der Waals surface area (Å²) in [6.45, 7) is 2.80. The first-order valence-corrected chi connectivity index (χ1v) is 4.20. The van der Waals surface area contributed by atoms with Crippen molar-refractivity contribution >= 4 is 7.37 Å². The lowest BCUT2D eigenvalue weighted by molar-refractivity contribution is -0.107. The predicted octanol–water partition coefficient (Wildman–Crippen LogP) is 1.96. The topological polar surface area (TPSA) is 37.3 Å². The molecule has 0 saturated carbocycles. The zero-order valence-corrected chi connectivity index (χ0v) is 5.82. The van der Waals surface area contributed by atoms with E-state index in [9.17, 15) is 17.7 Å². The molecule has 0 aromatic heterocycles. The molecular formula is C4H6F3O2P. The van der Waals surface area contributed by atoms with Gasteiger partial charge in [-0.1, -0.05) is 6.58 Å². The minimum atomic E-state index is -4.60. The van der Waals surface area contributed by atoms with Gasteiger partial charge in [0.1, 0.15) is 6.16 Å². The Kier molecular flexibility index (Phi) is 2.68. The van der Waals surface area contributed by atoms with Gasteiger partial charge in [0.05, 0.1) is 0 Å². The van der Waals surface area contributed by atoms with E-state index >= 15 is 0 Å². The number of halogens is 3. The van der Waals surface area contributed by atoms with E-state index in [1.165, 1.54) is 0 Å². The van der Waals surface area contributed by atoms with Crippen LogP contribution in [0.1, 0.15) is 0 Å². The van der Waals surface area contributed by atoms with Crippen LogP contribution in [-0.2, 0) is 4.57 Å². The Balaban J connectivity index is 4.16. The van der Waals surface area contributed by atoms with Gasteiger partial charge in [-0.25, -0.2) is 0 Å². The molecule has 0 heterocycles. The summed E-state index contributed by atoms with van der Waals surface area (Å²) in [5.74, 6) is 0.431. The molecular weight excluding hydrogens is 168 g/mol. The summed E-state index contributed by atoms with van der Waals surface area (Å²) in [5.41, 5.74) is 0. The molecule has 60 valence electrons. The summed E-state index contributed by atoms with van der Waals surface area (Å²) in [6.07, 6.45) is -6.29. The van der Waals surface area contributed by atoms with Crippen LogP contribution in [0.25, 0.3) is 0 Å². The van der Waals surface area contributed by atoms with Gasteiger partial charge in [-0.05, 0) is 5.82 Å². The first-order valence-electron chi connectivity index (χ1n) is 2.29. The number of alkyl halides is 3. The maximum absolute atomic E-state index is 11.4. The van der Waals surface area contributed by atoms with Gasteiger partial charge < -0.3 is 4.89 Å². The maximum Gasteiger partial charge on any atom is 0.398 e. The first kappa shape index (κ1) is 9.72. The van der Waals surface area contributed by atoms with Crippen molar-refractivity contribution in [1.82, 2.24) is 0 Å². The molecule has 0 radical (unpaired) electrons. The van der Waals surface area contributed by atoms with Crippen LogP contribution in [0, 0.1) is 0 Å². The minimum Gasteiger partial charge on any atom is -0.341 e. The van der Waals surface area contributed by atoms with E-state index in [1.807, 2.05) is 0 Å². The molecule has 0 bridgehead atoms. The number of hydrogen-bond donors (Lipinski definition) is 1. The van der Waals surface area contributed by atoms with Crippen LogP contribution in [0.3, 0.4) is 0 Å². The molecule has 0 aliphatic heterocycles. The molecule has 0 fully saturated rings. The highest BCUT2D eigenvalue weighted by atomic mass is 31.2. The van der Waals surface area contributed by atoms with E-state index < -0.39 is 19.7 Å². The Morgan fingerprint density at radius 2 is 2.00 bits per heavy atom. The van der Waals surface area contributed by atoms with Crippen molar-refractivity contribution in [2.75, 3.05) is 6.16 Å². The highest BCUT2D eigenvalue weighted by Gasteiger charge is 2.35.